The zero-order chi connectivity index (χ0) is 16.6. The van der Waals surface area contributed by atoms with Gasteiger partial charge in [-0.25, -0.2) is 0 Å². The third-order valence-electron chi connectivity index (χ3n) is 4.50. The second-order valence-electron chi connectivity index (χ2n) is 6.00. The van der Waals surface area contributed by atoms with E-state index in [2.05, 4.69) is 22.8 Å². The van der Waals surface area contributed by atoms with E-state index in [1.807, 2.05) is 26.0 Å². The number of hydrogen-bond donors (Lipinski definition) is 1. The van der Waals surface area contributed by atoms with Crippen molar-refractivity contribution >= 4 is 12.0 Å². The summed E-state index contributed by atoms with van der Waals surface area (Å²) < 4.78 is 2.15. The third kappa shape index (κ3) is 2.66. The van der Waals surface area contributed by atoms with E-state index in [-0.39, 0.29) is 5.57 Å². The molecule has 0 saturated heterocycles. The van der Waals surface area contributed by atoms with Crippen LogP contribution in [0.2, 0.25) is 0 Å². The van der Waals surface area contributed by atoms with Crippen LogP contribution in [0.1, 0.15) is 34.5 Å². The standard InChI is InChI=1S/C19H19N3O/c1-12-8-16(9-17(11-20)19(21)23)13(2)22(12)18-7-6-14-4-3-5-15(14)10-18/h6-10H,3-5H2,1-2H3,(H2,21,23)/b17-9+. The molecule has 0 saturated carbocycles. The molecule has 23 heavy (non-hydrogen) atoms. The highest BCUT2D eigenvalue weighted by molar-refractivity contribution is 6.00. The van der Waals surface area contributed by atoms with Gasteiger partial charge in [0.25, 0.3) is 5.91 Å². The van der Waals surface area contributed by atoms with Gasteiger partial charge in [-0.2, -0.15) is 5.26 Å². The summed E-state index contributed by atoms with van der Waals surface area (Å²) in [7, 11) is 0. The average molecular weight is 305 g/mol. The van der Waals surface area contributed by atoms with Crippen LogP contribution in [0.15, 0.2) is 29.8 Å². The van der Waals surface area contributed by atoms with Crippen molar-refractivity contribution in [3.05, 3.63) is 57.9 Å². The maximum absolute atomic E-state index is 11.3. The Bertz CT molecular complexity index is 865. The van der Waals surface area contributed by atoms with Crippen molar-refractivity contribution in [2.24, 2.45) is 5.73 Å². The molecule has 2 N–H and O–H groups in total. The lowest BCUT2D eigenvalue weighted by Gasteiger charge is -2.11. The van der Waals surface area contributed by atoms with Crippen molar-refractivity contribution in [2.75, 3.05) is 0 Å². The van der Waals surface area contributed by atoms with E-state index in [0.717, 1.165) is 35.5 Å². The molecule has 1 aromatic heterocycles. The van der Waals surface area contributed by atoms with Crippen LogP contribution in [0.25, 0.3) is 11.8 Å². The van der Waals surface area contributed by atoms with Crippen molar-refractivity contribution in [3.8, 4) is 11.8 Å². The van der Waals surface area contributed by atoms with Gasteiger partial charge in [-0.1, -0.05) is 6.07 Å². The SMILES string of the molecule is Cc1cc(/C=C(\C#N)C(N)=O)c(C)n1-c1ccc2c(c1)CCC2. The molecular weight excluding hydrogens is 286 g/mol. The molecule has 1 amide bonds. The highest BCUT2D eigenvalue weighted by Crippen LogP contribution is 2.28. The van der Waals surface area contributed by atoms with Gasteiger partial charge in [0.1, 0.15) is 11.6 Å². The molecule has 0 atom stereocenters. The minimum atomic E-state index is -0.699. The number of fused-ring (bicyclic) bond motifs is 1. The largest absolute Gasteiger partial charge is 0.365 e. The molecule has 3 rings (SSSR count). The van der Waals surface area contributed by atoms with Gasteiger partial charge in [0.2, 0.25) is 0 Å². The van der Waals surface area contributed by atoms with Crippen LogP contribution in [0.4, 0.5) is 0 Å². The molecule has 0 bridgehead atoms. The zero-order valence-electron chi connectivity index (χ0n) is 13.4. The summed E-state index contributed by atoms with van der Waals surface area (Å²) in [5, 5.41) is 9.02. The summed E-state index contributed by atoms with van der Waals surface area (Å²) in [6, 6.07) is 10.4. The molecule has 1 aromatic carbocycles. The van der Waals surface area contributed by atoms with Gasteiger partial charge in [0, 0.05) is 17.1 Å². The Labute approximate surface area is 135 Å². The van der Waals surface area contributed by atoms with Crippen LogP contribution in [-0.2, 0) is 17.6 Å². The van der Waals surface area contributed by atoms with E-state index >= 15 is 0 Å². The number of aryl methyl sites for hydroxylation is 3. The Balaban J connectivity index is 2.09. The molecular formula is C19H19N3O. The number of carbonyl (C=O) groups excluding carboxylic acids is 1. The molecule has 0 fully saturated rings. The summed E-state index contributed by atoms with van der Waals surface area (Å²) in [5.41, 5.74) is 12.1. The predicted molar refractivity (Wildman–Crippen MR) is 90.1 cm³/mol. The second kappa shape index (κ2) is 5.77. The maximum atomic E-state index is 11.3. The lowest BCUT2D eigenvalue weighted by atomic mass is 10.1. The van der Waals surface area contributed by atoms with Crippen LogP contribution < -0.4 is 5.73 Å². The van der Waals surface area contributed by atoms with Crippen LogP contribution >= 0.6 is 0 Å². The number of carbonyl (C=O) groups is 1. The molecule has 4 heteroatoms. The molecule has 116 valence electrons. The fourth-order valence-corrected chi connectivity index (χ4v) is 3.34. The summed E-state index contributed by atoms with van der Waals surface area (Å²) in [4.78, 5) is 11.3. The molecule has 2 aromatic rings. The Hall–Kier alpha value is -2.80. The average Bonchev–Trinajstić information content (AvgIpc) is 3.08. The molecule has 4 nitrogen and oxygen atoms in total. The fourth-order valence-electron chi connectivity index (χ4n) is 3.34. The fraction of sp³-hybridized carbons (Fsp3) is 0.263. The topological polar surface area (TPSA) is 71.8 Å². The summed E-state index contributed by atoms with van der Waals surface area (Å²) in [5.74, 6) is -0.699. The first-order valence-corrected chi connectivity index (χ1v) is 7.74. The summed E-state index contributed by atoms with van der Waals surface area (Å²) in [6.45, 7) is 4.01. The van der Waals surface area contributed by atoms with Crippen molar-refractivity contribution in [1.82, 2.24) is 4.57 Å². The molecule has 1 aliphatic carbocycles. The molecule has 0 aliphatic heterocycles. The molecule has 0 unspecified atom stereocenters. The van der Waals surface area contributed by atoms with Crippen LogP contribution in [0.3, 0.4) is 0 Å². The molecule has 0 spiro atoms. The number of primary amides is 1. The van der Waals surface area contributed by atoms with Crippen LogP contribution in [0, 0.1) is 25.2 Å². The lowest BCUT2D eigenvalue weighted by Crippen LogP contribution is -2.12. The Morgan fingerprint density at radius 2 is 2.00 bits per heavy atom. The van der Waals surface area contributed by atoms with Gasteiger partial charge in [-0.3, -0.25) is 4.79 Å². The van der Waals surface area contributed by atoms with Crippen molar-refractivity contribution < 1.29 is 4.79 Å². The Morgan fingerprint density at radius 1 is 1.26 bits per heavy atom. The first-order valence-electron chi connectivity index (χ1n) is 7.74. The Kier molecular flexibility index (Phi) is 3.79. The first-order chi connectivity index (χ1) is 11.0. The van der Waals surface area contributed by atoms with Crippen molar-refractivity contribution in [3.63, 3.8) is 0 Å². The maximum Gasteiger partial charge on any atom is 0.259 e. The van der Waals surface area contributed by atoms with Crippen molar-refractivity contribution in [1.29, 1.82) is 5.26 Å². The van der Waals surface area contributed by atoms with E-state index in [9.17, 15) is 4.79 Å². The van der Waals surface area contributed by atoms with Gasteiger partial charge >= 0.3 is 0 Å². The molecule has 1 aliphatic rings. The molecule has 1 heterocycles. The predicted octanol–water partition coefficient (Wildman–Crippen LogP) is 2.98. The highest BCUT2D eigenvalue weighted by Gasteiger charge is 2.15. The number of benzene rings is 1. The normalized spacial score (nSPS) is 13.7. The summed E-state index contributed by atoms with van der Waals surface area (Å²) in [6.07, 6.45) is 5.09. The minimum Gasteiger partial charge on any atom is -0.365 e. The van der Waals surface area contributed by atoms with Gasteiger partial charge in [0.15, 0.2) is 0 Å². The van der Waals surface area contributed by atoms with Crippen LogP contribution in [-0.4, -0.2) is 10.5 Å². The monoisotopic (exact) mass is 305 g/mol. The number of hydrogen-bond acceptors (Lipinski definition) is 2. The highest BCUT2D eigenvalue weighted by atomic mass is 16.1. The number of aromatic nitrogens is 1. The zero-order valence-corrected chi connectivity index (χ0v) is 13.4. The van der Waals surface area contributed by atoms with Gasteiger partial charge < -0.3 is 10.3 Å². The second-order valence-corrected chi connectivity index (χ2v) is 6.00. The smallest absolute Gasteiger partial charge is 0.259 e. The minimum absolute atomic E-state index is 0.0285. The van der Waals surface area contributed by atoms with Gasteiger partial charge in [0.05, 0.1) is 0 Å². The quantitative estimate of drug-likeness (QED) is 0.699. The number of amides is 1. The molecule has 0 radical (unpaired) electrons. The number of nitrogens with two attached hydrogens (primary N) is 1. The third-order valence-corrected chi connectivity index (χ3v) is 4.50. The van der Waals surface area contributed by atoms with E-state index in [1.165, 1.54) is 17.5 Å². The van der Waals surface area contributed by atoms with E-state index in [0.29, 0.717) is 0 Å². The van der Waals surface area contributed by atoms with E-state index < -0.39 is 5.91 Å². The van der Waals surface area contributed by atoms with Crippen LogP contribution in [0.5, 0.6) is 0 Å². The van der Waals surface area contributed by atoms with Crippen molar-refractivity contribution in [2.45, 2.75) is 33.1 Å². The van der Waals surface area contributed by atoms with Gasteiger partial charge in [-0.15, -0.1) is 0 Å². The summed E-state index contributed by atoms with van der Waals surface area (Å²) >= 11 is 0. The van der Waals surface area contributed by atoms with E-state index in [1.54, 1.807) is 6.08 Å². The number of nitrogens with zero attached hydrogens (tertiary/aromatic N) is 2. The lowest BCUT2D eigenvalue weighted by molar-refractivity contribution is -0.114. The van der Waals surface area contributed by atoms with Gasteiger partial charge in [-0.05, 0) is 74.1 Å². The Morgan fingerprint density at radius 3 is 2.70 bits per heavy atom. The first kappa shape index (κ1) is 15.1. The number of nitriles is 1. The van der Waals surface area contributed by atoms with E-state index in [4.69, 9.17) is 11.0 Å². The number of rotatable bonds is 3.